The third kappa shape index (κ3) is 3.26. The first-order valence-electron chi connectivity index (χ1n) is 6.40. The van der Waals surface area contributed by atoms with Gasteiger partial charge in [-0.2, -0.15) is 0 Å². The first-order valence-corrected chi connectivity index (χ1v) is 7.55. The molecular weight excluding hydrogens is 256 g/mol. The van der Waals surface area contributed by atoms with Gasteiger partial charge >= 0.3 is 0 Å². The normalized spacial score (nSPS) is 15.4. The zero-order valence-electron chi connectivity index (χ0n) is 11.8. The molecule has 0 aliphatic carbocycles. The fraction of sp³-hybridized carbons (Fsp3) is 0.400. The summed E-state index contributed by atoms with van der Waals surface area (Å²) in [7, 11) is 0. The van der Waals surface area contributed by atoms with Crippen molar-refractivity contribution in [2.24, 2.45) is 0 Å². The lowest BCUT2D eigenvalue weighted by molar-refractivity contribution is 0.531. The van der Waals surface area contributed by atoms with Gasteiger partial charge in [0.25, 0.3) is 0 Å². The summed E-state index contributed by atoms with van der Waals surface area (Å²) in [5, 5.41) is 2.26. The van der Waals surface area contributed by atoms with E-state index in [0.717, 1.165) is 16.3 Å². The summed E-state index contributed by atoms with van der Waals surface area (Å²) in [5.41, 5.74) is 1.08. The van der Waals surface area contributed by atoms with E-state index in [1.807, 2.05) is 58.3 Å². The fourth-order valence-electron chi connectivity index (χ4n) is 1.89. The Hall–Kier alpha value is -1.10. The molecule has 1 heterocycles. The van der Waals surface area contributed by atoms with Crippen LogP contribution in [0.1, 0.15) is 39.3 Å². The lowest BCUT2D eigenvalue weighted by Crippen LogP contribution is -2.40. The van der Waals surface area contributed by atoms with Gasteiger partial charge in [0.05, 0.1) is 6.04 Å². The Balaban J connectivity index is 2.29. The molecule has 1 aromatic carbocycles. The lowest BCUT2D eigenvalue weighted by Gasteiger charge is -2.26. The molecule has 2 rings (SSSR count). The Labute approximate surface area is 117 Å². The van der Waals surface area contributed by atoms with Crippen molar-refractivity contribution in [3.8, 4) is 0 Å². The molecule has 4 heteroatoms. The van der Waals surface area contributed by atoms with Crippen LogP contribution in [0.5, 0.6) is 0 Å². The van der Waals surface area contributed by atoms with Crippen LogP contribution >= 0.6 is 0 Å². The van der Waals surface area contributed by atoms with Gasteiger partial charge in [-0.1, -0.05) is 24.3 Å². The predicted molar refractivity (Wildman–Crippen MR) is 81.2 cm³/mol. The molecule has 0 aliphatic rings. The molecular formula is C15H20N2OS. The first-order chi connectivity index (χ1) is 8.89. The molecule has 0 bridgehead atoms. The van der Waals surface area contributed by atoms with Crippen molar-refractivity contribution in [3.63, 3.8) is 0 Å². The molecule has 0 aliphatic heterocycles. The van der Waals surface area contributed by atoms with Gasteiger partial charge in [-0.15, -0.1) is 4.72 Å². The number of rotatable bonds is 3. The molecule has 3 nitrogen and oxygen atoms in total. The summed E-state index contributed by atoms with van der Waals surface area (Å²) in [6.45, 7) is 7.91. The summed E-state index contributed by atoms with van der Waals surface area (Å²) in [6.07, 6.45) is 3.70. The molecule has 0 unspecified atom stereocenters. The van der Waals surface area contributed by atoms with E-state index in [0.29, 0.717) is 0 Å². The highest BCUT2D eigenvalue weighted by atomic mass is 32.2. The second-order valence-corrected chi connectivity index (χ2v) is 7.67. The van der Waals surface area contributed by atoms with Crippen LogP contribution in [0.3, 0.4) is 0 Å². The Kier molecular flexibility index (Phi) is 4.13. The highest BCUT2D eigenvalue weighted by molar-refractivity contribution is 7.90. The van der Waals surface area contributed by atoms with Gasteiger partial charge in [0.15, 0.2) is 0 Å². The van der Waals surface area contributed by atoms with Crippen LogP contribution in [-0.4, -0.2) is 14.3 Å². The topological polar surface area (TPSA) is 48.0 Å². The number of hydrogen-bond acceptors (Lipinski definition) is 3. The minimum Gasteiger partial charge on any atom is -0.598 e. The standard InChI is InChI=1S/C15H20N2OS/c1-11(17-19(18)15(2,3)4)14-10-16-9-12-7-5-6-8-13(12)14/h5-11,17H,1-4H3/t11-,19+/m0/s1. The van der Waals surface area contributed by atoms with Gasteiger partial charge < -0.3 is 4.55 Å². The number of benzene rings is 1. The van der Waals surface area contributed by atoms with E-state index in [2.05, 4.69) is 15.8 Å². The summed E-state index contributed by atoms with van der Waals surface area (Å²) in [5.74, 6) is 0. The quantitative estimate of drug-likeness (QED) is 0.875. The summed E-state index contributed by atoms with van der Waals surface area (Å²) < 4.78 is 15.1. The van der Waals surface area contributed by atoms with E-state index in [9.17, 15) is 4.55 Å². The van der Waals surface area contributed by atoms with Crippen LogP contribution < -0.4 is 4.72 Å². The van der Waals surface area contributed by atoms with E-state index < -0.39 is 11.4 Å². The van der Waals surface area contributed by atoms with Crippen molar-refractivity contribution in [1.29, 1.82) is 0 Å². The van der Waals surface area contributed by atoms with Crippen molar-refractivity contribution in [1.82, 2.24) is 9.71 Å². The highest BCUT2D eigenvalue weighted by Gasteiger charge is 2.28. The van der Waals surface area contributed by atoms with Crippen LogP contribution in [0.15, 0.2) is 36.7 Å². The van der Waals surface area contributed by atoms with Gasteiger partial charge in [-0.3, -0.25) is 4.98 Å². The largest absolute Gasteiger partial charge is 0.598 e. The minimum absolute atomic E-state index is 0.00124. The fourth-order valence-corrected chi connectivity index (χ4v) is 2.69. The van der Waals surface area contributed by atoms with Gasteiger partial charge in [0.1, 0.15) is 4.75 Å². The van der Waals surface area contributed by atoms with Crippen molar-refractivity contribution < 1.29 is 4.55 Å². The molecule has 0 fully saturated rings. The van der Waals surface area contributed by atoms with E-state index in [-0.39, 0.29) is 10.8 Å². The Morgan fingerprint density at radius 3 is 2.58 bits per heavy atom. The van der Waals surface area contributed by atoms with Crippen LogP contribution in [0.2, 0.25) is 0 Å². The maximum Gasteiger partial charge on any atom is 0.136 e. The molecule has 0 saturated carbocycles. The molecule has 102 valence electrons. The van der Waals surface area contributed by atoms with E-state index in [1.165, 1.54) is 0 Å². The monoisotopic (exact) mass is 276 g/mol. The number of aromatic nitrogens is 1. The average molecular weight is 276 g/mol. The number of nitrogens with zero attached hydrogens (tertiary/aromatic N) is 1. The third-order valence-corrected chi connectivity index (χ3v) is 4.69. The maximum atomic E-state index is 12.2. The minimum atomic E-state index is -1.09. The highest BCUT2D eigenvalue weighted by Crippen LogP contribution is 2.25. The van der Waals surface area contributed by atoms with Gasteiger partial charge in [-0.25, -0.2) is 0 Å². The van der Waals surface area contributed by atoms with E-state index in [1.54, 1.807) is 0 Å². The predicted octanol–water partition coefficient (Wildman–Crippen LogP) is 3.35. The molecule has 1 aromatic heterocycles. The lowest BCUT2D eigenvalue weighted by atomic mass is 10.0. The van der Waals surface area contributed by atoms with Gasteiger partial charge in [0, 0.05) is 29.1 Å². The number of hydrogen-bond donors (Lipinski definition) is 1. The summed E-state index contributed by atoms with van der Waals surface area (Å²) >= 11 is -1.09. The first kappa shape index (κ1) is 14.3. The second kappa shape index (κ2) is 5.49. The van der Waals surface area contributed by atoms with Gasteiger partial charge in [0.2, 0.25) is 0 Å². The van der Waals surface area contributed by atoms with Crippen molar-refractivity contribution in [2.75, 3.05) is 0 Å². The smallest absolute Gasteiger partial charge is 0.136 e. The zero-order chi connectivity index (χ0) is 14.0. The molecule has 0 amide bonds. The number of pyridine rings is 1. The Morgan fingerprint density at radius 1 is 1.21 bits per heavy atom. The Morgan fingerprint density at radius 2 is 1.89 bits per heavy atom. The van der Waals surface area contributed by atoms with E-state index in [4.69, 9.17) is 0 Å². The van der Waals surface area contributed by atoms with Crippen LogP contribution in [0.25, 0.3) is 10.8 Å². The summed E-state index contributed by atoms with van der Waals surface area (Å²) in [4.78, 5) is 4.26. The molecule has 0 saturated heterocycles. The van der Waals surface area contributed by atoms with Crippen molar-refractivity contribution in [2.45, 2.75) is 38.5 Å². The Bertz CT molecular complexity index is 560. The van der Waals surface area contributed by atoms with Crippen LogP contribution in [0.4, 0.5) is 0 Å². The second-order valence-electron chi connectivity index (χ2n) is 5.67. The molecule has 0 spiro atoms. The molecule has 2 atom stereocenters. The number of fused-ring (bicyclic) bond motifs is 1. The molecule has 2 aromatic rings. The van der Waals surface area contributed by atoms with Crippen molar-refractivity contribution in [3.05, 3.63) is 42.2 Å². The average Bonchev–Trinajstić information content (AvgIpc) is 2.36. The maximum absolute atomic E-state index is 12.2. The number of nitrogens with one attached hydrogen (secondary N) is 1. The van der Waals surface area contributed by atoms with E-state index >= 15 is 0 Å². The zero-order valence-corrected chi connectivity index (χ0v) is 12.6. The molecule has 1 N–H and O–H groups in total. The van der Waals surface area contributed by atoms with Crippen molar-refractivity contribution >= 4 is 22.1 Å². The molecule has 19 heavy (non-hydrogen) atoms. The van der Waals surface area contributed by atoms with Gasteiger partial charge in [-0.05, 0) is 38.6 Å². The SMILES string of the molecule is C[C@H](N[S@+]([O-])C(C)(C)C)c1cncc2ccccc12. The molecule has 0 radical (unpaired) electrons. The third-order valence-electron chi connectivity index (χ3n) is 3.01. The summed E-state index contributed by atoms with van der Waals surface area (Å²) in [6, 6.07) is 8.13. The van der Waals surface area contributed by atoms with Crippen LogP contribution in [0, 0.1) is 0 Å². The van der Waals surface area contributed by atoms with Crippen LogP contribution in [-0.2, 0) is 11.4 Å².